The van der Waals surface area contributed by atoms with Gasteiger partial charge in [0, 0.05) is 12.1 Å². The minimum Gasteiger partial charge on any atom is -0.491 e. The molecule has 0 amide bonds. The summed E-state index contributed by atoms with van der Waals surface area (Å²) in [5.41, 5.74) is 6.31. The first-order valence-electron chi connectivity index (χ1n) is 8.59. The first-order valence-corrected chi connectivity index (χ1v) is 8.59. The number of benzene rings is 1. The van der Waals surface area contributed by atoms with Gasteiger partial charge in [0.25, 0.3) is 0 Å². The number of hydrogen-bond acceptors (Lipinski definition) is 7. The summed E-state index contributed by atoms with van der Waals surface area (Å²) in [5, 5.41) is 0. The lowest BCUT2D eigenvalue weighted by Crippen LogP contribution is -2.14. The lowest BCUT2D eigenvalue weighted by Gasteiger charge is -2.08. The summed E-state index contributed by atoms with van der Waals surface area (Å²) in [4.78, 5) is 11.1. The zero-order valence-corrected chi connectivity index (χ0v) is 14.9. The van der Waals surface area contributed by atoms with Crippen LogP contribution in [0.4, 0.5) is 5.69 Å². The van der Waals surface area contributed by atoms with Gasteiger partial charge in [-0.3, -0.25) is 4.79 Å². The molecule has 0 aliphatic carbocycles. The van der Waals surface area contributed by atoms with Crippen LogP contribution in [-0.2, 0) is 23.7 Å². The Morgan fingerprint density at radius 3 is 1.92 bits per heavy atom. The Morgan fingerprint density at radius 2 is 1.36 bits per heavy atom. The van der Waals surface area contributed by atoms with Gasteiger partial charge in [-0.25, -0.2) is 0 Å². The molecule has 0 aliphatic rings. The summed E-state index contributed by atoms with van der Waals surface area (Å²) < 4.78 is 26.5. The highest BCUT2D eigenvalue weighted by Gasteiger charge is 1.99. The standard InChI is InChI=1S/C18H29NO6/c1-2-3-18(20)25-15-13-23-11-9-21-8-10-22-12-14-24-17-6-4-16(19)5-7-17/h4-7H,2-3,8-15,19H2,1H3. The topological polar surface area (TPSA) is 89.2 Å². The van der Waals surface area contributed by atoms with Crippen molar-refractivity contribution in [1.82, 2.24) is 0 Å². The third-order valence-electron chi connectivity index (χ3n) is 3.07. The van der Waals surface area contributed by atoms with Gasteiger partial charge in [0.15, 0.2) is 0 Å². The van der Waals surface area contributed by atoms with Crippen molar-refractivity contribution in [3.05, 3.63) is 24.3 Å². The third-order valence-corrected chi connectivity index (χ3v) is 3.07. The number of carbonyl (C=O) groups is 1. The molecule has 0 bridgehead atoms. The van der Waals surface area contributed by atoms with Gasteiger partial charge in [0.2, 0.25) is 0 Å². The molecule has 25 heavy (non-hydrogen) atoms. The molecule has 0 radical (unpaired) electrons. The number of ether oxygens (including phenoxy) is 5. The van der Waals surface area contributed by atoms with Crippen molar-refractivity contribution in [3.8, 4) is 5.75 Å². The lowest BCUT2D eigenvalue weighted by molar-refractivity contribution is -0.145. The van der Waals surface area contributed by atoms with E-state index >= 15 is 0 Å². The fourth-order valence-electron chi connectivity index (χ4n) is 1.82. The van der Waals surface area contributed by atoms with E-state index in [1.54, 1.807) is 12.1 Å². The molecule has 7 heteroatoms. The summed E-state index contributed by atoms with van der Waals surface area (Å²) >= 11 is 0. The van der Waals surface area contributed by atoms with Gasteiger partial charge >= 0.3 is 5.97 Å². The van der Waals surface area contributed by atoms with Crippen LogP contribution in [0.5, 0.6) is 5.75 Å². The summed E-state index contributed by atoms with van der Waals surface area (Å²) in [6.07, 6.45) is 1.25. The largest absolute Gasteiger partial charge is 0.491 e. The van der Waals surface area contributed by atoms with E-state index < -0.39 is 0 Å². The summed E-state index contributed by atoms with van der Waals surface area (Å²) in [7, 11) is 0. The van der Waals surface area contributed by atoms with E-state index in [4.69, 9.17) is 29.4 Å². The Bertz CT molecular complexity index is 451. The van der Waals surface area contributed by atoms with Crippen molar-refractivity contribution in [2.45, 2.75) is 19.8 Å². The van der Waals surface area contributed by atoms with Crippen LogP contribution in [0, 0.1) is 0 Å². The third kappa shape index (κ3) is 12.2. The SMILES string of the molecule is CCCC(=O)OCCOCCOCCOCCOc1ccc(N)cc1. The van der Waals surface area contributed by atoms with Gasteiger partial charge in [-0.05, 0) is 30.7 Å². The van der Waals surface area contributed by atoms with Crippen LogP contribution in [0.25, 0.3) is 0 Å². The maximum Gasteiger partial charge on any atom is 0.305 e. The maximum atomic E-state index is 11.1. The molecule has 0 spiro atoms. The Morgan fingerprint density at radius 1 is 0.840 bits per heavy atom. The molecule has 0 saturated heterocycles. The second-order valence-electron chi connectivity index (χ2n) is 5.23. The number of nitrogens with two attached hydrogens (primary N) is 1. The van der Waals surface area contributed by atoms with Crippen molar-refractivity contribution in [2.75, 3.05) is 58.6 Å². The van der Waals surface area contributed by atoms with Crippen molar-refractivity contribution >= 4 is 11.7 Å². The summed E-state index contributed by atoms with van der Waals surface area (Å²) in [5.74, 6) is 0.589. The molecule has 0 fully saturated rings. The van der Waals surface area contributed by atoms with Crippen molar-refractivity contribution in [1.29, 1.82) is 0 Å². The highest BCUT2D eigenvalue weighted by atomic mass is 16.6. The normalized spacial score (nSPS) is 10.6. The van der Waals surface area contributed by atoms with E-state index in [2.05, 4.69) is 0 Å². The summed E-state index contributed by atoms with van der Waals surface area (Å²) in [6, 6.07) is 7.23. The van der Waals surface area contributed by atoms with Gasteiger partial charge < -0.3 is 29.4 Å². The van der Waals surface area contributed by atoms with E-state index in [9.17, 15) is 4.79 Å². The van der Waals surface area contributed by atoms with E-state index in [-0.39, 0.29) is 12.6 Å². The molecule has 1 rings (SSSR count). The minimum atomic E-state index is -0.181. The lowest BCUT2D eigenvalue weighted by atomic mass is 10.3. The van der Waals surface area contributed by atoms with E-state index in [1.165, 1.54) is 0 Å². The number of carbonyl (C=O) groups excluding carboxylic acids is 1. The van der Waals surface area contributed by atoms with Crippen molar-refractivity contribution in [2.24, 2.45) is 0 Å². The van der Waals surface area contributed by atoms with Crippen LogP contribution in [0.3, 0.4) is 0 Å². The van der Waals surface area contributed by atoms with Crippen molar-refractivity contribution in [3.63, 3.8) is 0 Å². The molecule has 0 aromatic heterocycles. The summed E-state index contributed by atoms with van der Waals surface area (Å²) in [6.45, 7) is 5.52. The van der Waals surface area contributed by atoms with Crippen LogP contribution in [0.15, 0.2) is 24.3 Å². The molecule has 1 aromatic carbocycles. The monoisotopic (exact) mass is 355 g/mol. The molecule has 142 valence electrons. The van der Waals surface area contributed by atoms with E-state index in [0.717, 1.165) is 12.2 Å². The second-order valence-corrected chi connectivity index (χ2v) is 5.23. The maximum absolute atomic E-state index is 11.1. The molecule has 0 aliphatic heterocycles. The predicted octanol–water partition coefficient (Wildman–Crippen LogP) is 2.04. The molecule has 0 unspecified atom stereocenters. The fourth-order valence-corrected chi connectivity index (χ4v) is 1.82. The number of nitrogen functional groups attached to an aromatic ring is 1. The van der Waals surface area contributed by atoms with Gasteiger partial charge in [0.1, 0.15) is 19.0 Å². The Labute approximate surface area is 149 Å². The van der Waals surface area contributed by atoms with E-state index in [1.807, 2.05) is 19.1 Å². The van der Waals surface area contributed by atoms with Crippen molar-refractivity contribution < 1.29 is 28.5 Å². The Hall–Kier alpha value is -1.83. The first kappa shape index (κ1) is 21.2. The molecule has 7 nitrogen and oxygen atoms in total. The molecule has 2 N–H and O–H groups in total. The average molecular weight is 355 g/mol. The highest BCUT2D eigenvalue weighted by molar-refractivity contribution is 5.69. The molecule has 1 aromatic rings. The zero-order chi connectivity index (χ0) is 18.2. The minimum absolute atomic E-state index is 0.181. The highest BCUT2D eigenvalue weighted by Crippen LogP contribution is 2.12. The molecule has 0 atom stereocenters. The second kappa shape index (κ2) is 14.5. The number of anilines is 1. The van der Waals surface area contributed by atoms with Gasteiger partial charge in [0.05, 0.1) is 39.6 Å². The molecular formula is C18H29NO6. The quantitative estimate of drug-likeness (QED) is 0.292. The van der Waals surface area contributed by atoms with Crippen LogP contribution in [0.2, 0.25) is 0 Å². The van der Waals surface area contributed by atoms with Crippen LogP contribution in [-0.4, -0.2) is 58.8 Å². The zero-order valence-electron chi connectivity index (χ0n) is 14.9. The van der Waals surface area contributed by atoms with Gasteiger partial charge in [-0.2, -0.15) is 0 Å². The molecular weight excluding hydrogens is 326 g/mol. The Kier molecular flexibility index (Phi) is 12.3. The molecule has 0 heterocycles. The molecule has 0 saturated carbocycles. The smallest absolute Gasteiger partial charge is 0.305 e. The Balaban J connectivity index is 1.78. The number of esters is 1. The number of hydrogen-bond donors (Lipinski definition) is 1. The predicted molar refractivity (Wildman–Crippen MR) is 94.7 cm³/mol. The van der Waals surface area contributed by atoms with Crippen LogP contribution < -0.4 is 10.5 Å². The van der Waals surface area contributed by atoms with Crippen LogP contribution in [0.1, 0.15) is 19.8 Å². The van der Waals surface area contributed by atoms with Gasteiger partial charge in [-0.15, -0.1) is 0 Å². The number of rotatable bonds is 15. The first-order chi connectivity index (χ1) is 12.2. The van der Waals surface area contributed by atoms with E-state index in [0.29, 0.717) is 58.4 Å². The van der Waals surface area contributed by atoms with Gasteiger partial charge in [-0.1, -0.05) is 6.92 Å². The van der Waals surface area contributed by atoms with Crippen LogP contribution >= 0.6 is 0 Å². The average Bonchev–Trinajstić information content (AvgIpc) is 2.61. The fraction of sp³-hybridized carbons (Fsp3) is 0.611.